The molecule has 0 unspecified atom stereocenters. The Hall–Kier alpha value is -0.970. The summed E-state index contributed by atoms with van der Waals surface area (Å²) in [4.78, 5) is 9.58. The molecule has 0 aromatic heterocycles. The van der Waals surface area contributed by atoms with E-state index in [9.17, 15) is 4.79 Å². The molecular formula is C7H10O2. The van der Waals surface area contributed by atoms with Gasteiger partial charge in [0.25, 0.3) is 6.47 Å². The van der Waals surface area contributed by atoms with Gasteiger partial charge in [-0.3, -0.25) is 4.79 Å². The summed E-state index contributed by atoms with van der Waals surface area (Å²) in [5, 5.41) is 0. The third kappa shape index (κ3) is 7.03. The Morgan fingerprint density at radius 2 is 2.44 bits per heavy atom. The first kappa shape index (κ1) is 8.03. The van der Waals surface area contributed by atoms with Crippen LogP contribution in [-0.2, 0) is 9.53 Å². The van der Waals surface area contributed by atoms with Crippen molar-refractivity contribution >= 4 is 6.47 Å². The summed E-state index contributed by atoms with van der Waals surface area (Å²) in [6.07, 6.45) is 1.64. The fraction of sp³-hybridized carbons (Fsp3) is 0.571. The topological polar surface area (TPSA) is 26.3 Å². The average molecular weight is 126 g/mol. The van der Waals surface area contributed by atoms with E-state index in [2.05, 4.69) is 16.6 Å². The number of hydrogen-bond acceptors (Lipinski definition) is 2. The maximum absolute atomic E-state index is 9.58. The first-order valence-electron chi connectivity index (χ1n) is 2.86. The van der Waals surface area contributed by atoms with E-state index in [-0.39, 0.29) is 0 Å². The van der Waals surface area contributed by atoms with E-state index in [1.807, 2.05) is 0 Å². The van der Waals surface area contributed by atoms with Crippen LogP contribution in [0.2, 0.25) is 0 Å². The molecule has 0 heterocycles. The summed E-state index contributed by atoms with van der Waals surface area (Å²) in [6.45, 7) is 2.73. The Labute approximate surface area is 55.2 Å². The molecule has 0 N–H and O–H groups in total. The van der Waals surface area contributed by atoms with Crippen molar-refractivity contribution < 1.29 is 9.53 Å². The van der Waals surface area contributed by atoms with Crippen molar-refractivity contribution in [2.75, 3.05) is 6.61 Å². The summed E-state index contributed by atoms with van der Waals surface area (Å²) in [5.41, 5.74) is 0. The van der Waals surface area contributed by atoms with Crippen molar-refractivity contribution in [1.82, 2.24) is 0 Å². The van der Waals surface area contributed by atoms with Gasteiger partial charge in [0.05, 0.1) is 6.61 Å². The Bertz CT molecular complexity index is 119. The highest BCUT2D eigenvalue weighted by molar-refractivity contribution is 5.36. The molecule has 0 fully saturated rings. The molecule has 0 saturated heterocycles. The van der Waals surface area contributed by atoms with Crippen LogP contribution in [-0.4, -0.2) is 13.1 Å². The van der Waals surface area contributed by atoms with E-state index in [0.717, 1.165) is 12.8 Å². The zero-order chi connectivity index (χ0) is 6.95. The molecule has 0 bridgehead atoms. The zero-order valence-corrected chi connectivity index (χ0v) is 5.52. The lowest BCUT2D eigenvalue weighted by atomic mass is 10.3. The zero-order valence-electron chi connectivity index (χ0n) is 5.52. The molecule has 50 valence electrons. The van der Waals surface area contributed by atoms with Gasteiger partial charge in [0.2, 0.25) is 0 Å². The van der Waals surface area contributed by atoms with E-state index in [1.165, 1.54) is 0 Å². The maximum atomic E-state index is 9.58. The molecule has 0 aromatic carbocycles. The third-order valence-electron chi connectivity index (χ3n) is 0.809. The maximum Gasteiger partial charge on any atom is 0.293 e. The monoisotopic (exact) mass is 126 g/mol. The van der Waals surface area contributed by atoms with E-state index < -0.39 is 0 Å². The predicted octanol–water partition coefficient (Wildman–Crippen LogP) is 0.963. The summed E-state index contributed by atoms with van der Waals surface area (Å²) < 4.78 is 4.43. The molecule has 9 heavy (non-hydrogen) atoms. The van der Waals surface area contributed by atoms with Gasteiger partial charge in [0.15, 0.2) is 0 Å². The van der Waals surface area contributed by atoms with Crippen molar-refractivity contribution in [2.24, 2.45) is 0 Å². The van der Waals surface area contributed by atoms with Crippen molar-refractivity contribution in [3.63, 3.8) is 0 Å². The molecule has 0 saturated carbocycles. The molecule has 0 radical (unpaired) electrons. The van der Waals surface area contributed by atoms with E-state index in [4.69, 9.17) is 0 Å². The molecule has 0 amide bonds. The first-order chi connectivity index (χ1) is 4.41. The molecule has 0 aromatic rings. The standard InChI is InChI=1S/C7H10O2/c1-2-3-4-5-6-9-7-8/h7H,4-6H2,1H3. The minimum absolute atomic E-state index is 0.458. The SMILES string of the molecule is CC#CCCCOC=O. The fourth-order valence-corrected chi connectivity index (χ4v) is 0.417. The molecule has 0 aliphatic heterocycles. The number of carbonyl (C=O) groups excluding carboxylic acids is 1. The fourth-order valence-electron chi connectivity index (χ4n) is 0.417. The highest BCUT2D eigenvalue weighted by atomic mass is 16.5. The van der Waals surface area contributed by atoms with Gasteiger partial charge in [-0.2, -0.15) is 0 Å². The summed E-state index contributed by atoms with van der Waals surface area (Å²) >= 11 is 0. The van der Waals surface area contributed by atoms with Gasteiger partial charge in [0.1, 0.15) is 0 Å². The van der Waals surface area contributed by atoms with E-state index in [0.29, 0.717) is 13.1 Å². The van der Waals surface area contributed by atoms with Crippen LogP contribution in [0, 0.1) is 11.8 Å². The van der Waals surface area contributed by atoms with Gasteiger partial charge in [-0.1, -0.05) is 0 Å². The van der Waals surface area contributed by atoms with Gasteiger partial charge in [-0.15, -0.1) is 11.8 Å². The average Bonchev–Trinajstić information content (AvgIpc) is 1.89. The van der Waals surface area contributed by atoms with Gasteiger partial charge in [-0.05, 0) is 13.3 Å². The lowest BCUT2D eigenvalue weighted by Gasteiger charge is -1.91. The van der Waals surface area contributed by atoms with Gasteiger partial charge in [0, 0.05) is 6.42 Å². The van der Waals surface area contributed by atoms with Crippen molar-refractivity contribution in [3.05, 3.63) is 0 Å². The summed E-state index contributed by atoms with van der Waals surface area (Å²) in [6, 6.07) is 0. The number of ether oxygens (including phenoxy) is 1. The molecule has 0 spiro atoms. The van der Waals surface area contributed by atoms with Crippen LogP contribution in [0.15, 0.2) is 0 Å². The van der Waals surface area contributed by atoms with Gasteiger partial charge in [-0.25, -0.2) is 0 Å². The molecule has 0 atom stereocenters. The lowest BCUT2D eigenvalue weighted by Crippen LogP contribution is -1.89. The lowest BCUT2D eigenvalue weighted by molar-refractivity contribution is -0.128. The highest BCUT2D eigenvalue weighted by Crippen LogP contribution is 1.85. The van der Waals surface area contributed by atoms with Crippen LogP contribution < -0.4 is 0 Å². The molecule has 2 nitrogen and oxygen atoms in total. The molecular weight excluding hydrogens is 116 g/mol. The molecule has 2 heteroatoms. The summed E-state index contributed by atoms with van der Waals surface area (Å²) in [7, 11) is 0. The predicted molar refractivity (Wildman–Crippen MR) is 34.7 cm³/mol. The molecule has 0 aliphatic carbocycles. The van der Waals surface area contributed by atoms with E-state index in [1.54, 1.807) is 6.92 Å². The van der Waals surface area contributed by atoms with Crippen LogP contribution >= 0.6 is 0 Å². The van der Waals surface area contributed by atoms with Crippen LogP contribution in [0.5, 0.6) is 0 Å². The van der Waals surface area contributed by atoms with Crippen LogP contribution in [0.25, 0.3) is 0 Å². The van der Waals surface area contributed by atoms with Crippen molar-refractivity contribution in [1.29, 1.82) is 0 Å². The van der Waals surface area contributed by atoms with Crippen molar-refractivity contribution in [3.8, 4) is 11.8 Å². The largest absolute Gasteiger partial charge is 0.468 e. The Kier molecular flexibility index (Phi) is 6.27. The van der Waals surface area contributed by atoms with Crippen LogP contribution in [0.4, 0.5) is 0 Å². The second-order valence-corrected chi connectivity index (χ2v) is 1.50. The van der Waals surface area contributed by atoms with Gasteiger partial charge < -0.3 is 4.74 Å². The summed E-state index contributed by atoms with van der Waals surface area (Å²) in [5.74, 6) is 5.61. The van der Waals surface area contributed by atoms with Gasteiger partial charge >= 0.3 is 0 Å². The highest BCUT2D eigenvalue weighted by Gasteiger charge is 1.81. The molecule has 0 rings (SSSR count). The number of hydrogen-bond donors (Lipinski definition) is 0. The van der Waals surface area contributed by atoms with Crippen LogP contribution in [0.1, 0.15) is 19.8 Å². The second-order valence-electron chi connectivity index (χ2n) is 1.50. The minimum Gasteiger partial charge on any atom is -0.468 e. The quantitative estimate of drug-likeness (QED) is 0.318. The third-order valence-corrected chi connectivity index (χ3v) is 0.809. The number of rotatable bonds is 4. The number of unbranched alkanes of at least 4 members (excludes halogenated alkanes) is 1. The minimum atomic E-state index is 0.458. The molecule has 0 aliphatic rings. The Morgan fingerprint density at radius 1 is 1.67 bits per heavy atom. The first-order valence-corrected chi connectivity index (χ1v) is 2.86. The van der Waals surface area contributed by atoms with E-state index >= 15 is 0 Å². The Morgan fingerprint density at radius 3 is 3.00 bits per heavy atom. The number of carbonyl (C=O) groups is 1. The van der Waals surface area contributed by atoms with Crippen LogP contribution in [0.3, 0.4) is 0 Å². The van der Waals surface area contributed by atoms with Crippen molar-refractivity contribution in [2.45, 2.75) is 19.8 Å². The normalized spacial score (nSPS) is 7.22. The smallest absolute Gasteiger partial charge is 0.293 e. The Balaban J connectivity index is 2.88. The second kappa shape index (κ2) is 7.03.